The molecule has 0 aromatic heterocycles. The summed E-state index contributed by atoms with van der Waals surface area (Å²) in [6, 6.07) is 11.8. The van der Waals surface area contributed by atoms with Crippen molar-refractivity contribution in [2.45, 2.75) is 36.3 Å². The highest BCUT2D eigenvalue weighted by atomic mass is 35.5. The zero-order valence-electron chi connectivity index (χ0n) is 16.6. The highest BCUT2D eigenvalue weighted by molar-refractivity contribution is 7.99. The summed E-state index contributed by atoms with van der Waals surface area (Å²) in [5.41, 5.74) is 3.09. The van der Waals surface area contributed by atoms with Gasteiger partial charge in [-0.2, -0.15) is 0 Å². The minimum atomic E-state index is -0.293. The third kappa shape index (κ3) is 4.18. The molecule has 6 rings (SSSR count). The smallest absolute Gasteiger partial charge is 0.407 e. The number of rotatable bonds is 3. The molecule has 0 spiro atoms. The second kappa shape index (κ2) is 8.62. The molecule has 3 fully saturated rings. The number of alkyl carbamates (subject to hydrolysis) is 1. The Labute approximate surface area is 191 Å². The summed E-state index contributed by atoms with van der Waals surface area (Å²) in [7, 11) is 0. The van der Waals surface area contributed by atoms with Crippen molar-refractivity contribution in [3.05, 3.63) is 52.0 Å². The van der Waals surface area contributed by atoms with Gasteiger partial charge in [0.2, 0.25) is 0 Å². The molecule has 0 saturated carbocycles. The van der Waals surface area contributed by atoms with Gasteiger partial charge in [0.25, 0.3) is 0 Å². The molecule has 1 N–H and O–H groups in total. The molecule has 2 aromatic rings. The first-order valence-corrected chi connectivity index (χ1v) is 12.2. The number of ether oxygens (including phenoxy) is 1. The van der Waals surface area contributed by atoms with E-state index in [9.17, 15) is 4.79 Å². The molecule has 4 heterocycles. The lowest BCUT2D eigenvalue weighted by Crippen LogP contribution is -2.52. The number of hydrogen-bond acceptors (Lipinski definition) is 4. The van der Waals surface area contributed by atoms with Crippen LogP contribution in [-0.4, -0.2) is 42.5 Å². The Hall–Kier alpha value is -1.40. The van der Waals surface area contributed by atoms with Gasteiger partial charge in [-0.05, 0) is 73.7 Å². The molecule has 3 saturated heterocycles. The fraction of sp³-hybridized carbons (Fsp3) is 0.435. The molecule has 2 atom stereocenters. The number of amides is 1. The number of benzene rings is 2. The second-order valence-electron chi connectivity index (χ2n) is 8.29. The van der Waals surface area contributed by atoms with Crippen LogP contribution in [0.15, 0.2) is 41.3 Å². The molecule has 30 heavy (non-hydrogen) atoms. The van der Waals surface area contributed by atoms with Gasteiger partial charge >= 0.3 is 6.09 Å². The Bertz CT molecular complexity index is 962. The van der Waals surface area contributed by atoms with Crippen molar-refractivity contribution in [2.24, 2.45) is 5.92 Å². The standard InChI is InChI=1S/C23H24Cl2N2O2S/c24-16-2-4-19(25)18(12-16)15-1-3-17-20(7-10-30-22(17)11-15)26-23(28)29-21-13-27-8-5-14(21)6-9-27/h1-4,11-12,14,20-21H,5-10,13H2,(H,26,28)/t20?,21-/m1/s1. The Morgan fingerprint density at radius 1 is 1.10 bits per heavy atom. The van der Waals surface area contributed by atoms with Crippen LogP contribution in [-0.2, 0) is 4.74 Å². The molecule has 2 bridgehead atoms. The molecule has 4 aliphatic heterocycles. The van der Waals surface area contributed by atoms with Crippen LogP contribution < -0.4 is 5.32 Å². The highest BCUT2D eigenvalue weighted by Gasteiger charge is 2.37. The predicted octanol–water partition coefficient (Wildman–Crippen LogP) is 6.02. The fourth-order valence-electron chi connectivity index (χ4n) is 4.78. The van der Waals surface area contributed by atoms with Gasteiger partial charge < -0.3 is 10.1 Å². The minimum absolute atomic E-state index is 0.0253. The largest absolute Gasteiger partial charge is 0.445 e. The van der Waals surface area contributed by atoms with Crippen LogP contribution in [0.3, 0.4) is 0 Å². The van der Waals surface area contributed by atoms with Gasteiger partial charge in [-0.25, -0.2) is 4.79 Å². The summed E-state index contributed by atoms with van der Waals surface area (Å²) in [5, 5.41) is 4.46. The lowest BCUT2D eigenvalue weighted by atomic mass is 9.86. The Balaban J connectivity index is 1.30. The summed E-state index contributed by atoms with van der Waals surface area (Å²) in [4.78, 5) is 16.2. The van der Waals surface area contributed by atoms with Gasteiger partial charge in [0.05, 0.1) is 6.04 Å². The van der Waals surface area contributed by atoms with Crippen LogP contribution in [0.25, 0.3) is 11.1 Å². The van der Waals surface area contributed by atoms with Crippen molar-refractivity contribution >= 4 is 41.1 Å². The number of nitrogens with one attached hydrogen (secondary N) is 1. The van der Waals surface area contributed by atoms with Crippen molar-refractivity contribution < 1.29 is 9.53 Å². The molecule has 2 aromatic carbocycles. The SMILES string of the molecule is O=C(NC1CCSc2cc(-c3cc(Cl)ccc3Cl)ccc21)O[C@@H]1CN2CCC1CC2. The maximum Gasteiger partial charge on any atom is 0.407 e. The first-order chi connectivity index (χ1) is 14.6. The topological polar surface area (TPSA) is 41.6 Å². The lowest BCUT2D eigenvalue weighted by Gasteiger charge is -2.44. The number of fused-ring (bicyclic) bond motifs is 4. The summed E-state index contributed by atoms with van der Waals surface area (Å²) in [5.74, 6) is 1.46. The van der Waals surface area contributed by atoms with Gasteiger partial charge in [-0.15, -0.1) is 11.8 Å². The third-order valence-electron chi connectivity index (χ3n) is 6.44. The molecule has 158 valence electrons. The van der Waals surface area contributed by atoms with E-state index >= 15 is 0 Å². The number of hydrogen-bond donors (Lipinski definition) is 1. The van der Waals surface area contributed by atoms with Crippen LogP contribution >= 0.6 is 35.0 Å². The van der Waals surface area contributed by atoms with Crippen molar-refractivity contribution in [3.63, 3.8) is 0 Å². The molecule has 4 nitrogen and oxygen atoms in total. The fourth-order valence-corrected chi connectivity index (χ4v) is 6.34. The van der Waals surface area contributed by atoms with E-state index in [0.717, 1.165) is 61.3 Å². The Morgan fingerprint density at radius 2 is 1.93 bits per heavy atom. The maximum absolute atomic E-state index is 12.6. The van der Waals surface area contributed by atoms with E-state index in [1.165, 1.54) is 4.90 Å². The molecular formula is C23H24Cl2N2O2S. The third-order valence-corrected chi connectivity index (χ3v) is 8.11. The van der Waals surface area contributed by atoms with E-state index in [2.05, 4.69) is 28.4 Å². The van der Waals surface area contributed by atoms with E-state index in [0.29, 0.717) is 16.0 Å². The van der Waals surface area contributed by atoms with Crippen LogP contribution in [0.2, 0.25) is 10.0 Å². The first kappa shape index (κ1) is 20.5. The predicted molar refractivity (Wildman–Crippen MR) is 123 cm³/mol. The van der Waals surface area contributed by atoms with Crippen molar-refractivity contribution in [1.29, 1.82) is 0 Å². The monoisotopic (exact) mass is 462 g/mol. The summed E-state index contributed by atoms with van der Waals surface area (Å²) < 4.78 is 5.83. The zero-order chi connectivity index (χ0) is 20.7. The van der Waals surface area contributed by atoms with E-state index in [1.807, 2.05) is 23.9 Å². The Kier molecular flexibility index (Phi) is 5.89. The summed E-state index contributed by atoms with van der Waals surface area (Å²) in [6.45, 7) is 3.15. The second-order valence-corrected chi connectivity index (χ2v) is 10.3. The van der Waals surface area contributed by atoms with Gasteiger partial charge in [0.15, 0.2) is 0 Å². The van der Waals surface area contributed by atoms with Crippen molar-refractivity contribution in [2.75, 3.05) is 25.4 Å². The number of thioether (sulfide) groups is 1. The minimum Gasteiger partial charge on any atom is -0.445 e. The summed E-state index contributed by atoms with van der Waals surface area (Å²) >= 11 is 14.4. The number of carbonyl (C=O) groups is 1. The Morgan fingerprint density at radius 3 is 2.70 bits per heavy atom. The number of piperidine rings is 3. The first-order valence-electron chi connectivity index (χ1n) is 10.5. The van der Waals surface area contributed by atoms with Gasteiger partial charge in [-0.3, -0.25) is 4.90 Å². The highest BCUT2D eigenvalue weighted by Crippen LogP contribution is 2.40. The number of halogens is 2. The van der Waals surface area contributed by atoms with Gasteiger partial charge in [-0.1, -0.05) is 35.3 Å². The molecule has 0 radical (unpaired) electrons. The molecule has 0 aliphatic carbocycles. The lowest BCUT2D eigenvalue weighted by molar-refractivity contribution is -0.0339. The average Bonchev–Trinajstić information content (AvgIpc) is 2.76. The van der Waals surface area contributed by atoms with E-state index < -0.39 is 0 Å². The average molecular weight is 463 g/mol. The van der Waals surface area contributed by atoms with Gasteiger partial charge in [0.1, 0.15) is 6.10 Å². The van der Waals surface area contributed by atoms with Crippen LogP contribution in [0.1, 0.15) is 30.9 Å². The van der Waals surface area contributed by atoms with Crippen LogP contribution in [0, 0.1) is 5.92 Å². The molecule has 4 aliphatic rings. The van der Waals surface area contributed by atoms with Gasteiger partial charge in [0, 0.05) is 32.8 Å². The van der Waals surface area contributed by atoms with E-state index in [-0.39, 0.29) is 18.2 Å². The van der Waals surface area contributed by atoms with Crippen LogP contribution in [0.5, 0.6) is 0 Å². The number of carbonyl (C=O) groups excluding carboxylic acids is 1. The quantitative estimate of drug-likeness (QED) is 0.605. The van der Waals surface area contributed by atoms with Crippen LogP contribution in [0.4, 0.5) is 4.79 Å². The van der Waals surface area contributed by atoms with Crippen molar-refractivity contribution in [1.82, 2.24) is 10.2 Å². The molecule has 1 unspecified atom stereocenters. The molecular weight excluding hydrogens is 439 g/mol. The van der Waals surface area contributed by atoms with Crippen molar-refractivity contribution in [3.8, 4) is 11.1 Å². The van der Waals surface area contributed by atoms with E-state index in [1.54, 1.807) is 6.07 Å². The number of nitrogens with zero attached hydrogens (tertiary/aromatic N) is 1. The summed E-state index contributed by atoms with van der Waals surface area (Å²) in [6.07, 6.45) is 2.89. The normalized spacial score (nSPS) is 27.4. The maximum atomic E-state index is 12.6. The molecule has 7 heteroatoms. The zero-order valence-corrected chi connectivity index (χ0v) is 18.9. The van der Waals surface area contributed by atoms with E-state index in [4.69, 9.17) is 27.9 Å². The molecule has 1 amide bonds.